The van der Waals surface area contributed by atoms with Gasteiger partial charge in [0.05, 0.1) is 13.7 Å². The maximum Gasteiger partial charge on any atom is 0.326 e. The van der Waals surface area contributed by atoms with Gasteiger partial charge in [-0.25, -0.2) is 0 Å². The van der Waals surface area contributed by atoms with Gasteiger partial charge in [-0.2, -0.15) is 0 Å². The summed E-state index contributed by atoms with van der Waals surface area (Å²) in [7, 11) is 0.417. The maximum atomic E-state index is 14.2. The van der Waals surface area contributed by atoms with Crippen LogP contribution in [-0.4, -0.2) is 40.5 Å². The summed E-state index contributed by atoms with van der Waals surface area (Å²) in [4.78, 5) is 14.2. The van der Waals surface area contributed by atoms with Gasteiger partial charge in [-0.1, -0.05) is 89.3 Å². The number of benzene rings is 1. The first-order valence-electron chi connectivity index (χ1n) is 13.7. The summed E-state index contributed by atoms with van der Waals surface area (Å²) in [5.41, 5.74) is 1.22. The lowest BCUT2D eigenvalue weighted by molar-refractivity contribution is -0.169. The number of allylic oxidation sites excluding steroid dienone is 2. The summed E-state index contributed by atoms with van der Waals surface area (Å²) in [5, 5.41) is 0. The van der Waals surface area contributed by atoms with Crippen LogP contribution in [0.2, 0.25) is 25.7 Å². The molecule has 3 rings (SSSR count). The summed E-state index contributed by atoms with van der Waals surface area (Å²) in [6, 6.07) is 11.7. The Kier molecular flexibility index (Phi) is 9.32. The Morgan fingerprint density at radius 1 is 1.14 bits per heavy atom. The van der Waals surface area contributed by atoms with Crippen LogP contribution < -0.4 is 0 Å². The van der Waals surface area contributed by atoms with E-state index in [2.05, 4.69) is 76.8 Å². The smallest absolute Gasteiger partial charge is 0.326 e. The molecular weight excluding hydrogens is 464 g/mol. The number of rotatable bonds is 10. The van der Waals surface area contributed by atoms with Gasteiger partial charge in [0, 0.05) is 20.6 Å². The molecule has 0 N–H and O–H groups in total. The molecular formula is C31H48O4Si. The predicted molar refractivity (Wildman–Crippen MR) is 151 cm³/mol. The van der Waals surface area contributed by atoms with Crippen LogP contribution in [0, 0.1) is 17.3 Å². The minimum Gasteiger partial charge on any atom is -0.500 e. The van der Waals surface area contributed by atoms with Gasteiger partial charge >= 0.3 is 5.97 Å². The highest BCUT2D eigenvalue weighted by molar-refractivity contribution is 6.76. The van der Waals surface area contributed by atoms with Gasteiger partial charge in [0.25, 0.3) is 0 Å². The highest BCUT2D eigenvalue weighted by atomic mass is 28.3. The van der Waals surface area contributed by atoms with Gasteiger partial charge in [-0.3, -0.25) is 4.79 Å². The molecule has 36 heavy (non-hydrogen) atoms. The van der Waals surface area contributed by atoms with Crippen LogP contribution in [-0.2, 0) is 24.4 Å². The Morgan fingerprint density at radius 2 is 1.83 bits per heavy atom. The third kappa shape index (κ3) is 6.52. The average Bonchev–Trinajstić information content (AvgIpc) is 2.81. The van der Waals surface area contributed by atoms with E-state index in [0.29, 0.717) is 18.3 Å². The maximum absolute atomic E-state index is 14.2. The van der Waals surface area contributed by atoms with E-state index in [1.54, 1.807) is 7.11 Å². The number of ether oxygens (including phenoxy) is 3. The number of carbonyl (C=O) groups is 1. The van der Waals surface area contributed by atoms with Crippen LogP contribution in [0.4, 0.5) is 0 Å². The molecule has 0 aromatic heterocycles. The number of hydrogen-bond donors (Lipinski definition) is 0. The number of esters is 1. The van der Waals surface area contributed by atoms with Crippen molar-refractivity contribution in [2.75, 3.05) is 20.3 Å². The lowest BCUT2D eigenvalue weighted by atomic mass is 9.64. The topological polar surface area (TPSA) is 44.8 Å². The van der Waals surface area contributed by atoms with E-state index >= 15 is 0 Å². The molecule has 200 valence electrons. The van der Waals surface area contributed by atoms with Crippen molar-refractivity contribution in [3.8, 4) is 0 Å². The van der Waals surface area contributed by atoms with Crippen LogP contribution in [0.15, 0.2) is 53.8 Å². The lowest BCUT2D eigenvalue weighted by Gasteiger charge is -2.45. The minimum absolute atomic E-state index is 0.106. The first-order valence-corrected chi connectivity index (χ1v) is 17.4. The lowest BCUT2D eigenvalue weighted by Crippen LogP contribution is -2.47. The van der Waals surface area contributed by atoms with E-state index in [9.17, 15) is 4.79 Å². The predicted octanol–water partition coefficient (Wildman–Crippen LogP) is 7.53. The van der Waals surface area contributed by atoms with Crippen LogP contribution in [0.25, 0.3) is 0 Å². The monoisotopic (exact) mass is 512 g/mol. The Balaban J connectivity index is 1.88. The molecule has 1 aromatic rings. The number of hydrogen-bond acceptors (Lipinski definition) is 4. The van der Waals surface area contributed by atoms with Crippen molar-refractivity contribution in [3.05, 3.63) is 59.4 Å². The zero-order valence-corrected chi connectivity index (χ0v) is 24.9. The standard InChI is InChI=1S/C31H48O4Si/c1-23-16-17-26(30(3,4)25-14-10-9-11-15-25)27(21-23)35-29(32)31(22-34-19-20-36(6,7)8)18-12-13-24(2)28(31)33-5/h9-12,14-15,18,23,26-27H,13,16-17,19-22H2,1-8H3/t23-,26-,27-,31?/m1/s1. The zero-order chi connectivity index (χ0) is 26.6. The molecule has 0 spiro atoms. The Morgan fingerprint density at radius 3 is 2.47 bits per heavy atom. The summed E-state index contributed by atoms with van der Waals surface area (Å²) in [5.74, 6) is 1.21. The van der Waals surface area contributed by atoms with E-state index in [1.807, 2.05) is 13.0 Å². The molecule has 0 saturated heterocycles. The molecule has 0 radical (unpaired) electrons. The van der Waals surface area contributed by atoms with Crippen molar-refractivity contribution in [2.24, 2.45) is 17.3 Å². The van der Waals surface area contributed by atoms with Crippen LogP contribution >= 0.6 is 0 Å². The highest BCUT2D eigenvalue weighted by Gasteiger charge is 2.49. The molecule has 1 aromatic carbocycles. The van der Waals surface area contributed by atoms with E-state index in [0.717, 1.165) is 37.3 Å². The molecule has 0 heterocycles. The highest BCUT2D eigenvalue weighted by Crippen LogP contribution is 2.46. The van der Waals surface area contributed by atoms with Gasteiger partial charge in [0.2, 0.25) is 0 Å². The van der Waals surface area contributed by atoms with E-state index < -0.39 is 13.5 Å². The van der Waals surface area contributed by atoms with Crippen LogP contribution in [0.5, 0.6) is 0 Å². The molecule has 0 bridgehead atoms. The largest absolute Gasteiger partial charge is 0.500 e. The fourth-order valence-electron chi connectivity index (χ4n) is 5.90. The molecule has 4 atom stereocenters. The average molecular weight is 513 g/mol. The molecule has 4 nitrogen and oxygen atoms in total. The van der Waals surface area contributed by atoms with Crippen molar-refractivity contribution >= 4 is 14.0 Å². The van der Waals surface area contributed by atoms with E-state index in [-0.39, 0.29) is 30.0 Å². The molecule has 1 unspecified atom stereocenters. The van der Waals surface area contributed by atoms with Gasteiger partial charge in [0.15, 0.2) is 5.41 Å². The fourth-order valence-corrected chi connectivity index (χ4v) is 6.65. The van der Waals surface area contributed by atoms with Gasteiger partial charge in [0.1, 0.15) is 11.9 Å². The number of methoxy groups -OCH3 is 1. The second-order valence-corrected chi connectivity index (χ2v) is 18.4. The molecule has 1 saturated carbocycles. The van der Waals surface area contributed by atoms with Crippen molar-refractivity contribution in [1.82, 2.24) is 0 Å². The summed E-state index contributed by atoms with van der Waals surface area (Å²) < 4.78 is 18.6. The Hall–Kier alpha value is -1.85. The van der Waals surface area contributed by atoms with Gasteiger partial charge in [-0.05, 0) is 54.7 Å². The van der Waals surface area contributed by atoms with Crippen molar-refractivity contribution in [1.29, 1.82) is 0 Å². The number of carbonyl (C=O) groups excluding carboxylic acids is 1. The third-order valence-electron chi connectivity index (χ3n) is 8.27. The summed E-state index contributed by atoms with van der Waals surface area (Å²) in [6.07, 6.45) is 7.74. The SMILES string of the molecule is COC1=C(C)CC=CC1(COCC[Si](C)(C)C)C(=O)O[C@@H]1C[C@H](C)CC[C@H]1C(C)(C)c1ccccc1. The normalized spacial score (nSPS) is 27.2. The molecule has 2 aliphatic carbocycles. The zero-order valence-electron chi connectivity index (χ0n) is 23.9. The van der Waals surface area contributed by atoms with Crippen molar-refractivity contribution in [3.63, 3.8) is 0 Å². The first-order chi connectivity index (χ1) is 16.9. The van der Waals surface area contributed by atoms with Crippen LogP contribution in [0.3, 0.4) is 0 Å². The van der Waals surface area contributed by atoms with E-state index in [4.69, 9.17) is 14.2 Å². The van der Waals surface area contributed by atoms with Gasteiger partial charge < -0.3 is 14.2 Å². The van der Waals surface area contributed by atoms with Crippen molar-refractivity contribution < 1.29 is 19.0 Å². The fraction of sp³-hybridized carbons (Fsp3) is 0.645. The van der Waals surface area contributed by atoms with Crippen LogP contribution in [0.1, 0.15) is 58.9 Å². The van der Waals surface area contributed by atoms with Gasteiger partial charge in [-0.15, -0.1) is 0 Å². The molecule has 2 aliphatic rings. The Bertz CT molecular complexity index is 943. The molecule has 0 aliphatic heterocycles. The third-order valence-corrected chi connectivity index (χ3v) is 9.97. The van der Waals surface area contributed by atoms with E-state index in [1.165, 1.54) is 5.56 Å². The second kappa shape index (κ2) is 11.7. The van der Waals surface area contributed by atoms with Crippen molar-refractivity contribution in [2.45, 2.75) is 90.6 Å². The summed E-state index contributed by atoms with van der Waals surface area (Å²) >= 11 is 0. The second-order valence-electron chi connectivity index (χ2n) is 12.8. The quantitative estimate of drug-likeness (QED) is 0.141. The summed E-state index contributed by atoms with van der Waals surface area (Å²) in [6.45, 7) is 16.8. The first kappa shape index (κ1) is 28.7. The Labute approximate surface area is 220 Å². The molecule has 0 amide bonds. The molecule has 1 fully saturated rings. The minimum atomic E-state index is -1.24. The molecule has 5 heteroatoms.